The Kier molecular flexibility index (Phi) is 3.64. The molecule has 0 saturated carbocycles. The first-order valence-corrected chi connectivity index (χ1v) is 5.76. The molecular formula is C14H11ClF2O. The quantitative estimate of drug-likeness (QED) is 0.873. The number of aliphatic hydroxyl groups excluding tert-OH is 1. The summed E-state index contributed by atoms with van der Waals surface area (Å²) >= 11 is 5.93. The minimum Gasteiger partial charge on any atom is -0.383 e. The zero-order chi connectivity index (χ0) is 13.3. The number of hydrogen-bond donors (Lipinski definition) is 1. The summed E-state index contributed by atoms with van der Waals surface area (Å²) in [4.78, 5) is 0. The van der Waals surface area contributed by atoms with Gasteiger partial charge in [0.2, 0.25) is 0 Å². The van der Waals surface area contributed by atoms with Crippen LogP contribution >= 0.6 is 11.6 Å². The molecule has 2 aromatic rings. The van der Waals surface area contributed by atoms with Crippen LogP contribution in [0.2, 0.25) is 5.02 Å². The fourth-order valence-corrected chi connectivity index (χ4v) is 1.91. The Hall–Kier alpha value is -1.45. The SMILES string of the molecule is Cc1ccc(C(O)c2c(F)cccc2F)cc1Cl. The van der Waals surface area contributed by atoms with Crippen LogP contribution in [-0.2, 0) is 0 Å². The molecule has 0 amide bonds. The fourth-order valence-electron chi connectivity index (χ4n) is 1.72. The molecule has 94 valence electrons. The van der Waals surface area contributed by atoms with E-state index >= 15 is 0 Å². The average Bonchev–Trinajstić information content (AvgIpc) is 2.32. The Morgan fingerprint density at radius 1 is 1.11 bits per heavy atom. The highest BCUT2D eigenvalue weighted by atomic mass is 35.5. The number of aryl methyl sites for hydroxylation is 1. The second-order valence-electron chi connectivity index (χ2n) is 4.05. The highest BCUT2D eigenvalue weighted by molar-refractivity contribution is 6.31. The molecule has 1 N–H and O–H groups in total. The van der Waals surface area contributed by atoms with Gasteiger partial charge < -0.3 is 5.11 Å². The average molecular weight is 269 g/mol. The van der Waals surface area contributed by atoms with Crippen molar-refractivity contribution in [3.05, 3.63) is 69.7 Å². The summed E-state index contributed by atoms with van der Waals surface area (Å²) in [6.45, 7) is 1.81. The minimum atomic E-state index is -1.37. The molecular weight excluding hydrogens is 258 g/mol. The van der Waals surface area contributed by atoms with Gasteiger partial charge in [-0.25, -0.2) is 8.78 Å². The highest BCUT2D eigenvalue weighted by Crippen LogP contribution is 2.29. The van der Waals surface area contributed by atoms with Crippen LogP contribution in [-0.4, -0.2) is 5.11 Å². The van der Waals surface area contributed by atoms with Crippen molar-refractivity contribution in [1.29, 1.82) is 0 Å². The van der Waals surface area contributed by atoms with Crippen molar-refractivity contribution in [3.63, 3.8) is 0 Å². The summed E-state index contributed by atoms with van der Waals surface area (Å²) < 4.78 is 27.1. The van der Waals surface area contributed by atoms with Gasteiger partial charge in [0.25, 0.3) is 0 Å². The molecule has 0 aliphatic heterocycles. The maximum absolute atomic E-state index is 13.5. The standard InChI is InChI=1S/C14H11ClF2O/c1-8-5-6-9(7-10(8)15)14(18)13-11(16)3-2-4-12(13)17/h2-7,14,18H,1H3. The van der Waals surface area contributed by atoms with Crippen LogP contribution in [0.1, 0.15) is 22.8 Å². The van der Waals surface area contributed by atoms with Crippen LogP contribution in [0.25, 0.3) is 0 Å². The number of halogens is 3. The lowest BCUT2D eigenvalue weighted by Gasteiger charge is -2.14. The van der Waals surface area contributed by atoms with Gasteiger partial charge in [0.05, 0.1) is 5.56 Å². The van der Waals surface area contributed by atoms with Crippen molar-refractivity contribution in [1.82, 2.24) is 0 Å². The summed E-state index contributed by atoms with van der Waals surface area (Å²) in [5.74, 6) is -1.56. The molecule has 0 aliphatic rings. The van der Waals surface area contributed by atoms with E-state index in [0.29, 0.717) is 10.6 Å². The summed E-state index contributed by atoms with van der Waals surface area (Å²) in [5.41, 5.74) is 0.827. The van der Waals surface area contributed by atoms with Gasteiger partial charge >= 0.3 is 0 Å². The van der Waals surface area contributed by atoms with Gasteiger partial charge in [0.1, 0.15) is 17.7 Å². The molecule has 0 saturated heterocycles. The van der Waals surface area contributed by atoms with E-state index in [0.717, 1.165) is 17.7 Å². The van der Waals surface area contributed by atoms with Crippen LogP contribution in [0.15, 0.2) is 36.4 Å². The van der Waals surface area contributed by atoms with Crippen molar-refractivity contribution in [3.8, 4) is 0 Å². The van der Waals surface area contributed by atoms with Crippen LogP contribution in [0, 0.1) is 18.6 Å². The van der Waals surface area contributed by atoms with E-state index in [4.69, 9.17) is 11.6 Å². The van der Waals surface area contributed by atoms with E-state index in [-0.39, 0.29) is 5.56 Å². The van der Waals surface area contributed by atoms with Crippen LogP contribution in [0.3, 0.4) is 0 Å². The second-order valence-corrected chi connectivity index (χ2v) is 4.45. The lowest BCUT2D eigenvalue weighted by Crippen LogP contribution is -2.05. The zero-order valence-electron chi connectivity index (χ0n) is 9.62. The first kappa shape index (κ1) is 13.0. The van der Waals surface area contributed by atoms with Crippen LogP contribution in [0.5, 0.6) is 0 Å². The first-order valence-electron chi connectivity index (χ1n) is 5.38. The van der Waals surface area contributed by atoms with Gasteiger partial charge in [-0.05, 0) is 36.2 Å². The Balaban J connectivity index is 2.48. The predicted octanol–water partition coefficient (Wildman–Crippen LogP) is 4.01. The van der Waals surface area contributed by atoms with E-state index in [1.165, 1.54) is 12.1 Å². The molecule has 2 aromatic carbocycles. The molecule has 4 heteroatoms. The van der Waals surface area contributed by atoms with Gasteiger partial charge in [0.15, 0.2) is 0 Å². The van der Waals surface area contributed by atoms with Crippen molar-refractivity contribution in [2.45, 2.75) is 13.0 Å². The molecule has 0 radical (unpaired) electrons. The van der Waals surface area contributed by atoms with Gasteiger partial charge in [-0.3, -0.25) is 0 Å². The van der Waals surface area contributed by atoms with Gasteiger partial charge in [-0.15, -0.1) is 0 Å². The van der Waals surface area contributed by atoms with E-state index in [9.17, 15) is 13.9 Å². The molecule has 18 heavy (non-hydrogen) atoms. The van der Waals surface area contributed by atoms with Crippen molar-refractivity contribution in [2.75, 3.05) is 0 Å². The van der Waals surface area contributed by atoms with E-state index in [1.807, 2.05) is 6.92 Å². The third-order valence-corrected chi connectivity index (χ3v) is 3.19. The summed E-state index contributed by atoms with van der Waals surface area (Å²) in [6.07, 6.45) is -1.37. The van der Waals surface area contributed by atoms with Gasteiger partial charge in [-0.2, -0.15) is 0 Å². The third-order valence-electron chi connectivity index (χ3n) is 2.78. The third kappa shape index (κ3) is 2.37. The van der Waals surface area contributed by atoms with E-state index in [2.05, 4.69) is 0 Å². The maximum atomic E-state index is 13.5. The van der Waals surface area contributed by atoms with E-state index < -0.39 is 17.7 Å². The van der Waals surface area contributed by atoms with Crippen molar-refractivity contribution in [2.24, 2.45) is 0 Å². The van der Waals surface area contributed by atoms with Gasteiger partial charge in [-0.1, -0.05) is 29.8 Å². The number of benzene rings is 2. The monoisotopic (exact) mass is 268 g/mol. The fraction of sp³-hybridized carbons (Fsp3) is 0.143. The molecule has 1 atom stereocenters. The Morgan fingerprint density at radius 2 is 1.72 bits per heavy atom. The first-order chi connectivity index (χ1) is 8.50. The largest absolute Gasteiger partial charge is 0.383 e. The smallest absolute Gasteiger partial charge is 0.132 e. The maximum Gasteiger partial charge on any atom is 0.132 e. The topological polar surface area (TPSA) is 20.2 Å². The Morgan fingerprint density at radius 3 is 2.28 bits per heavy atom. The predicted molar refractivity (Wildman–Crippen MR) is 66.6 cm³/mol. The Bertz CT molecular complexity index is 564. The molecule has 0 heterocycles. The van der Waals surface area contributed by atoms with Crippen LogP contribution in [0.4, 0.5) is 8.78 Å². The van der Waals surface area contributed by atoms with E-state index in [1.54, 1.807) is 12.1 Å². The van der Waals surface area contributed by atoms with Crippen molar-refractivity contribution < 1.29 is 13.9 Å². The molecule has 2 rings (SSSR count). The number of hydrogen-bond acceptors (Lipinski definition) is 1. The summed E-state index contributed by atoms with van der Waals surface area (Å²) in [6, 6.07) is 8.27. The summed E-state index contributed by atoms with van der Waals surface area (Å²) in [7, 11) is 0. The molecule has 0 fully saturated rings. The lowest BCUT2D eigenvalue weighted by atomic mass is 9.99. The number of aliphatic hydroxyl groups is 1. The van der Waals surface area contributed by atoms with Crippen LogP contribution < -0.4 is 0 Å². The summed E-state index contributed by atoms with van der Waals surface area (Å²) in [5, 5.41) is 10.5. The molecule has 0 aromatic heterocycles. The van der Waals surface area contributed by atoms with Gasteiger partial charge in [0, 0.05) is 5.02 Å². The minimum absolute atomic E-state index is 0.356. The Labute approximate surface area is 109 Å². The second kappa shape index (κ2) is 5.04. The lowest BCUT2D eigenvalue weighted by molar-refractivity contribution is 0.209. The zero-order valence-corrected chi connectivity index (χ0v) is 10.4. The normalized spacial score (nSPS) is 12.5. The molecule has 0 aliphatic carbocycles. The van der Waals surface area contributed by atoms with Crippen molar-refractivity contribution >= 4 is 11.6 Å². The molecule has 0 bridgehead atoms. The highest BCUT2D eigenvalue weighted by Gasteiger charge is 2.19. The number of rotatable bonds is 2. The molecule has 1 nitrogen and oxygen atoms in total. The molecule has 1 unspecified atom stereocenters. The molecule has 0 spiro atoms.